The highest BCUT2D eigenvalue weighted by Gasteiger charge is 2.43. The second kappa shape index (κ2) is 8.48. The normalized spacial score (nSPS) is 17.6. The van der Waals surface area contributed by atoms with Crippen molar-refractivity contribution >= 4 is 42.0 Å². The molecule has 0 N–H and O–H groups in total. The maximum atomic E-state index is 13.2. The lowest BCUT2D eigenvalue weighted by atomic mass is 10.2. The van der Waals surface area contributed by atoms with Crippen molar-refractivity contribution in [2.75, 3.05) is 0 Å². The Morgan fingerprint density at radius 2 is 0.933 bits per heavy atom. The first-order chi connectivity index (χ1) is 14.2. The van der Waals surface area contributed by atoms with Crippen molar-refractivity contribution in [1.82, 2.24) is 7.42 Å². The average Bonchev–Trinajstić information content (AvgIpc) is 3.60. The Morgan fingerprint density at radius 1 is 0.633 bits per heavy atom. The molecule has 0 aliphatic heterocycles. The zero-order valence-corrected chi connectivity index (χ0v) is 20.0. The average molecular weight is 485 g/mol. The van der Waals surface area contributed by atoms with Gasteiger partial charge in [0.1, 0.15) is 0 Å². The Kier molecular flexibility index (Phi) is 6.26. The molecule has 0 heterocycles. The first-order valence-electron chi connectivity index (χ1n) is 9.76. The van der Waals surface area contributed by atoms with Crippen molar-refractivity contribution in [1.29, 1.82) is 0 Å². The lowest BCUT2D eigenvalue weighted by molar-refractivity contribution is 0.535. The third kappa shape index (κ3) is 4.73. The molecule has 0 amide bonds. The van der Waals surface area contributed by atoms with Gasteiger partial charge in [-0.1, -0.05) is 35.4 Å². The fourth-order valence-electron chi connectivity index (χ4n) is 2.86. The van der Waals surface area contributed by atoms with Gasteiger partial charge < -0.3 is 0 Å². The van der Waals surface area contributed by atoms with Crippen LogP contribution in [0.1, 0.15) is 36.8 Å². The molecule has 30 heavy (non-hydrogen) atoms. The molecule has 0 radical (unpaired) electrons. The Morgan fingerprint density at radius 3 is 1.20 bits per heavy atom. The van der Waals surface area contributed by atoms with E-state index < -0.39 is 20.0 Å². The van der Waals surface area contributed by atoms with E-state index in [1.807, 2.05) is 13.8 Å². The summed E-state index contributed by atoms with van der Waals surface area (Å²) in [6.45, 7) is 3.81. The summed E-state index contributed by atoms with van der Waals surface area (Å²) in [6.07, 6.45) is 3.14. The number of rotatable bonds is 9. The topological polar surface area (TPSA) is 74.8 Å². The Bertz CT molecular complexity index is 1020. The smallest absolute Gasteiger partial charge is 0.206 e. The summed E-state index contributed by atoms with van der Waals surface area (Å²) in [5.74, 6) is 0. The Balaban J connectivity index is 1.56. The number of benzene rings is 2. The molecule has 162 valence electrons. The van der Waals surface area contributed by atoms with Crippen molar-refractivity contribution in [3.05, 3.63) is 59.7 Å². The van der Waals surface area contributed by atoms with E-state index in [9.17, 15) is 16.8 Å². The van der Waals surface area contributed by atoms with E-state index in [-0.39, 0.29) is 21.9 Å². The molecule has 4 rings (SSSR count). The molecule has 0 atom stereocenters. The van der Waals surface area contributed by atoms with Crippen molar-refractivity contribution in [3.8, 4) is 0 Å². The molecule has 2 aromatic rings. The van der Waals surface area contributed by atoms with Gasteiger partial charge in [-0.25, -0.2) is 16.8 Å². The van der Waals surface area contributed by atoms with Gasteiger partial charge in [-0.15, -0.1) is 7.42 Å². The van der Waals surface area contributed by atoms with E-state index in [0.29, 0.717) is 0 Å². The predicted octanol–water partition coefficient (Wildman–Crippen LogP) is 4.52. The van der Waals surface area contributed by atoms with Crippen molar-refractivity contribution in [2.24, 2.45) is 0 Å². The number of aryl methyl sites for hydroxylation is 2. The van der Waals surface area contributed by atoms with Gasteiger partial charge in [-0.3, -0.25) is 0 Å². The fraction of sp³-hybridized carbons (Fsp3) is 0.400. The Hall–Kier alpha value is -1.04. The maximum Gasteiger partial charge on any atom is 0.253 e. The standard InChI is InChI=1S/C20H24N2O4S4/c1-15-3-11-19(12-4-15)29(23,24)21(17-7-8-17)27-28-22(18-9-10-18)30(25,26)20-13-5-16(2)6-14-20/h3-6,11-14,17-18H,7-10H2,1-2H3. The van der Waals surface area contributed by atoms with Gasteiger partial charge in [0.05, 0.1) is 9.79 Å². The molecular formula is C20H24N2O4S4. The van der Waals surface area contributed by atoms with Gasteiger partial charge in [0.15, 0.2) is 0 Å². The summed E-state index contributed by atoms with van der Waals surface area (Å²) >= 11 is 0. The highest BCUT2D eigenvalue weighted by molar-refractivity contribution is 8.76. The van der Waals surface area contributed by atoms with Crippen molar-refractivity contribution < 1.29 is 16.8 Å². The van der Waals surface area contributed by atoms with Crippen LogP contribution in [0.5, 0.6) is 0 Å². The third-order valence-electron chi connectivity index (χ3n) is 4.98. The summed E-state index contributed by atoms with van der Waals surface area (Å²) in [5.41, 5.74) is 1.97. The fourth-order valence-corrected chi connectivity index (χ4v) is 10.5. The van der Waals surface area contributed by atoms with Crippen LogP contribution < -0.4 is 0 Å². The molecule has 0 unspecified atom stereocenters. The molecule has 2 aliphatic carbocycles. The zero-order chi connectivity index (χ0) is 21.5. The zero-order valence-electron chi connectivity index (χ0n) is 16.8. The van der Waals surface area contributed by atoms with Crippen LogP contribution in [-0.2, 0) is 20.0 Å². The van der Waals surface area contributed by atoms with Crippen LogP contribution in [0.2, 0.25) is 0 Å². The minimum Gasteiger partial charge on any atom is -0.206 e. The van der Waals surface area contributed by atoms with Crippen LogP contribution >= 0.6 is 22.0 Å². The summed E-state index contributed by atoms with van der Waals surface area (Å²) in [5, 5.41) is 0. The molecule has 2 aliphatic rings. The SMILES string of the molecule is Cc1ccc(S(=O)(=O)N(SSN(C2CC2)S(=O)(=O)c2ccc(C)cc2)C2CC2)cc1. The van der Waals surface area contributed by atoms with Gasteiger partial charge in [-0.2, -0.15) is 0 Å². The predicted molar refractivity (Wildman–Crippen MR) is 122 cm³/mol. The molecule has 10 heteroatoms. The minimum atomic E-state index is -3.72. The van der Waals surface area contributed by atoms with Crippen LogP contribution in [0, 0.1) is 13.8 Å². The number of nitrogens with zero attached hydrogens (tertiary/aromatic N) is 2. The quantitative estimate of drug-likeness (QED) is 0.385. The van der Waals surface area contributed by atoms with E-state index in [0.717, 1.165) is 58.8 Å². The molecule has 0 aromatic heterocycles. The highest BCUT2D eigenvalue weighted by Crippen LogP contribution is 2.48. The molecule has 2 aromatic carbocycles. The lowest BCUT2D eigenvalue weighted by Gasteiger charge is -2.25. The summed E-state index contributed by atoms with van der Waals surface area (Å²) in [7, 11) is -5.42. The number of hydrogen-bond acceptors (Lipinski definition) is 6. The largest absolute Gasteiger partial charge is 0.253 e. The van der Waals surface area contributed by atoms with Crippen molar-refractivity contribution in [3.63, 3.8) is 0 Å². The number of sulfonamides is 2. The van der Waals surface area contributed by atoms with Crippen LogP contribution in [0.25, 0.3) is 0 Å². The van der Waals surface area contributed by atoms with Gasteiger partial charge in [0.2, 0.25) is 0 Å². The molecule has 0 spiro atoms. The van der Waals surface area contributed by atoms with E-state index in [4.69, 9.17) is 0 Å². The highest BCUT2D eigenvalue weighted by atomic mass is 33.1. The first kappa shape index (κ1) is 22.2. The van der Waals surface area contributed by atoms with Gasteiger partial charge in [0.25, 0.3) is 20.0 Å². The monoisotopic (exact) mass is 484 g/mol. The van der Waals surface area contributed by atoms with E-state index >= 15 is 0 Å². The maximum absolute atomic E-state index is 13.2. The third-order valence-corrected chi connectivity index (χ3v) is 12.6. The molecule has 0 bridgehead atoms. The molecule has 0 saturated heterocycles. The van der Waals surface area contributed by atoms with E-state index in [2.05, 4.69) is 0 Å². The molecule has 2 fully saturated rings. The second-order valence-electron chi connectivity index (χ2n) is 7.76. The van der Waals surface area contributed by atoms with Crippen LogP contribution in [0.4, 0.5) is 0 Å². The minimum absolute atomic E-state index is 0.100. The van der Waals surface area contributed by atoms with Gasteiger partial charge >= 0.3 is 0 Å². The molecular weight excluding hydrogens is 460 g/mol. The summed E-state index contributed by atoms with van der Waals surface area (Å²) < 4.78 is 55.6. The summed E-state index contributed by atoms with van der Waals surface area (Å²) in [6, 6.07) is 13.3. The van der Waals surface area contributed by atoms with Crippen LogP contribution in [0.15, 0.2) is 58.3 Å². The van der Waals surface area contributed by atoms with E-state index in [1.54, 1.807) is 48.5 Å². The molecule has 6 nitrogen and oxygen atoms in total. The Labute approximate surface area is 186 Å². The van der Waals surface area contributed by atoms with Gasteiger partial charge in [0, 0.05) is 34.0 Å². The molecule has 2 saturated carbocycles. The summed E-state index contributed by atoms with van der Waals surface area (Å²) in [4.78, 5) is 0.458. The van der Waals surface area contributed by atoms with Gasteiger partial charge in [-0.05, 0) is 63.8 Å². The van der Waals surface area contributed by atoms with Crippen LogP contribution in [-0.4, -0.2) is 36.3 Å². The van der Waals surface area contributed by atoms with E-state index in [1.165, 1.54) is 7.42 Å². The lowest BCUT2D eigenvalue weighted by Crippen LogP contribution is -2.30. The number of hydrogen-bond donors (Lipinski definition) is 0. The second-order valence-corrected chi connectivity index (χ2v) is 13.8. The van der Waals surface area contributed by atoms with Crippen LogP contribution in [0.3, 0.4) is 0 Å². The van der Waals surface area contributed by atoms with Crippen molar-refractivity contribution in [2.45, 2.75) is 61.4 Å². The first-order valence-corrected chi connectivity index (χ1v) is 14.7.